The second-order valence-electron chi connectivity index (χ2n) is 28.9. The van der Waals surface area contributed by atoms with Gasteiger partial charge >= 0.3 is 22.8 Å². The van der Waals surface area contributed by atoms with E-state index in [4.69, 9.17) is 165 Å². The molecule has 0 saturated carbocycles. The van der Waals surface area contributed by atoms with Crippen LogP contribution in [-0.2, 0) is 159 Å². The maximum atomic E-state index is 14.9. The molecule has 6 unspecified atom stereocenters. The highest BCUT2D eigenvalue weighted by molar-refractivity contribution is 8.32. The number of hydrogen-bond acceptors (Lipinski definition) is 46. The van der Waals surface area contributed by atoms with E-state index >= 15 is 0 Å². The number of nitrogens with zero attached hydrogens (tertiary/aromatic N) is 12. The number of fused-ring (bicyclic) bond motifs is 2. The summed E-state index contributed by atoms with van der Waals surface area (Å²) in [7, 11) is 1.02. The van der Waals surface area contributed by atoms with Gasteiger partial charge in [0.1, 0.15) is 125 Å². The summed E-state index contributed by atoms with van der Waals surface area (Å²) in [5.41, 5.74) is 6.92. The van der Waals surface area contributed by atoms with Crippen molar-refractivity contribution in [2.75, 3.05) is 51.6 Å². The van der Waals surface area contributed by atoms with Gasteiger partial charge in [-0.2, -0.15) is 0 Å². The Labute approximate surface area is 727 Å². The summed E-state index contributed by atoms with van der Waals surface area (Å²) in [5.74, 6) is -0.0193. The third kappa shape index (κ3) is 22.0. The summed E-state index contributed by atoms with van der Waals surface area (Å²) in [4.78, 5) is 207. The smallest absolute Gasteiger partial charge is 0.330 e. The molecule has 6 saturated heterocycles. The molecule has 62 heteroatoms. The lowest BCUT2D eigenvalue weighted by Crippen LogP contribution is -2.34. The molecule has 8 aromatic heterocycles. The highest BCUT2D eigenvalue weighted by Crippen LogP contribution is 2.56. The summed E-state index contributed by atoms with van der Waals surface area (Å²) in [6, 6.07) is 0. The van der Waals surface area contributed by atoms with Crippen molar-refractivity contribution in [3.63, 3.8) is 0 Å². The van der Waals surface area contributed by atoms with E-state index in [1.165, 1.54) is 68.2 Å². The van der Waals surface area contributed by atoms with Crippen molar-refractivity contribution in [3.05, 3.63) is 156 Å². The van der Waals surface area contributed by atoms with Crippen LogP contribution < -0.4 is 80.9 Å². The third-order valence-corrected chi connectivity index (χ3v) is 30.0. The fourth-order valence-corrected chi connectivity index (χ4v) is 22.6. The molecule has 0 aliphatic carbocycles. The zero-order valence-corrected chi connectivity index (χ0v) is 75.5. The van der Waals surface area contributed by atoms with Gasteiger partial charge in [0.05, 0.1) is 88.4 Å². The van der Waals surface area contributed by atoms with E-state index in [9.17, 15) is 67.4 Å². The number of ether oxygens (including phenoxy) is 6. The maximum Gasteiger partial charge on any atom is 0.330 e. The highest BCUT2D eigenvalue weighted by atomic mass is 32.7. The van der Waals surface area contributed by atoms with E-state index in [1.807, 2.05) is 0 Å². The quantitative estimate of drug-likeness (QED) is 0.0185. The van der Waals surface area contributed by atoms with Crippen LogP contribution in [0.5, 0.6) is 0 Å². The summed E-state index contributed by atoms with van der Waals surface area (Å²) < 4.78 is 129. The van der Waals surface area contributed by atoms with Gasteiger partial charge in [0.25, 0.3) is 22.2 Å². The molecule has 6 aliphatic rings. The number of aromatic nitrogens is 16. The molecule has 0 bridgehead atoms. The van der Waals surface area contributed by atoms with Crippen LogP contribution >= 0.6 is 40.4 Å². The minimum Gasteiger partial charge on any atom is -0.780 e. The molecule has 8 N–H and O–H groups in total. The molecular weight excluding hydrogens is 1890 g/mol. The molecular formula is C62H76N18O32P6S6-6. The highest BCUT2D eigenvalue weighted by Gasteiger charge is 2.48. The molecule has 24 atom stereocenters. The van der Waals surface area contributed by atoms with Crippen molar-refractivity contribution in [3.8, 4) is 0 Å². The van der Waals surface area contributed by atoms with Gasteiger partial charge in [-0.15, -0.1) is 0 Å². The Morgan fingerprint density at radius 2 is 0.653 bits per heavy atom. The zero-order chi connectivity index (χ0) is 89.2. The monoisotopic (exact) mass is 1960 g/mol. The van der Waals surface area contributed by atoms with Gasteiger partial charge in [-0.25, -0.2) is 49.1 Å². The van der Waals surface area contributed by atoms with Gasteiger partial charge in [0.2, 0.25) is 0 Å². The fourth-order valence-electron chi connectivity index (χ4n) is 14.4. The molecule has 0 spiro atoms. The van der Waals surface area contributed by atoms with Crippen LogP contribution in [0, 0.1) is 27.7 Å². The molecule has 6 fully saturated rings. The standard InChI is InChI=1S/C62H82N18O32P6S6/c1-7-31-32(8-43(101-31)75-14-27(2)55(81)71-59(75)85)108-114(90,120)96-21-41-36(12-47(105-41)79-25-69-49-51(63)65-23-67-53(49)79)111-117(93,123)98-20-40-35(11-46(104-40)78-17-30(5)58(84)74-62(78)88)110-116(92,122)100-22-42-37(13-48(106-42)80-26-70-50-52(64)66-24-68-54(50)80)112-118(94,124)99-19-39-34(10-45(103-39)77-16-29(4)57(83)73-61(77)87)109-115(91,121)97-18-38-33(107-113(89,119)95-6)9-44(102-38)76-15-28(3)56(82)72-60(76)86/h14-17,23-26,31-48H,7-13,18-22H2,1-6H3,(H,89,119)(H,90,120)(H,91,121)(H,92,122)(H,93,123)(H,94,124)(H2,63,65,67)(H2,64,66,68)(H,71,81,85)(H,72,82,86)(H,73,83,87)(H,74,84,88)/p-6/t31-,32-,33-,34-,35-,36-,37-,38-,39-,40-,41-,42-,43-,44-,45-,46-,47-,48-,113?,114?,115?,116?,117?,118?/m1/s1. The first-order valence-electron chi connectivity index (χ1n) is 37.2. The summed E-state index contributed by atoms with van der Waals surface area (Å²) in [5, 5.41) is 0. The van der Waals surface area contributed by atoms with Crippen molar-refractivity contribution in [1.82, 2.24) is 77.2 Å². The van der Waals surface area contributed by atoms with Gasteiger partial charge < -0.3 is 131 Å². The van der Waals surface area contributed by atoms with Gasteiger partial charge in [0, 0.05) is 92.7 Å². The van der Waals surface area contributed by atoms with E-state index < -0.39 is 242 Å². The Balaban J connectivity index is 0.672. The third-order valence-electron chi connectivity index (χ3n) is 20.5. The number of anilines is 2. The Morgan fingerprint density at radius 1 is 0.403 bits per heavy atom. The first-order chi connectivity index (χ1) is 58.4. The van der Waals surface area contributed by atoms with Crippen LogP contribution in [0.2, 0.25) is 0 Å². The molecule has 124 heavy (non-hydrogen) atoms. The van der Waals surface area contributed by atoms with Gasteiger partial charge in [-0.05, 0) is 34.1 Å². The number of rotatable bonds is 35. The minimum absolute atomic E-state index is 0.0134. The average Bonchev–Trinajstić information content (AvgIpc) is 1.64. The van der Waals surface area contributed by atoms with Crippen LogP contribution in [0.15, 0.2) is 88.5 Å². The van der Waals surface area contributed by atoms with Crippen molar-refractivity contribution in [2.24, 2.45) is 0 Å². The van der Waals surface area contributed by atoms with Crippen molar-refractivity contribution >= 4 is 146 Å². The zero-order valence-electron chi connectivity index (χ0n) is 65.2. The number of nitrogen functional groups attached to an aromatic ring is 2. The topological polar surface area (TPSA) is 657 Å². The number of hydrogen-bond donors (Lipinski definition) is 6. The molecule has 0 aromatic carbocycles. The molecule has 14 rings (SSSR count). The predicted octanol–water partition coefficient (Wildman–Crippen LogP) is -1.98. The number of aromatic amines is 4. The maximum absolute atomic E-state index is 14.9. The molecule has 6 aliphatic heterocycles. The predicted molar refractivity (Wildman–Crippen MR) is 438 cm³/mol. The SMILES string of the molecule is CC[C@H]1O[C@@H](n2cc(C)c(=O)[nH]c2=O)C[C@H]1OP([O-])(=S)OC[C@H]1O[C@@H](n2cnc3c(N)ncnc32)C[C@H]1OP(=O)([S-])OC[C@H]1O[C@@H](n2cc(C)c(=O)[nH]c2=O)C[C@H]1OP([O-])(=S)OC[C@H]1O[C@@H](n2cnc3c(N)ncnc32)C[C@H]1OP([O-])(=S)OC[C@H]1O[C@@H](n2cc(C)c(=O)[nH]c2=O)C[C@H]1OP([O-])(=S)OC[C@H]1O[C@@H](n2cc(C)c(=O)[nH]c2=O)C[C@H]1OP([O-])(=S)OC. The Bertz CT molecular complexity index is 6200. The van der Waals surface area contributed by atoms with Crippen LogP contribution in [-0.4, -0.2) is 191 Å². The van der Waals surface area contributed by atoms with Crippen LogP contribution in [0.25, 0.3) is 22.3 Å². The largest absolute Gasteiger partial charge is 0.780 e. The molecule has 50 nitrogen and oxygen atoms in total. The van der Waals surface area contributed by atoms with Gasteiger partial charge in [0.15, 0.2) is 29.7 Å². The second-order valence-corrected chi connectivity index (χ2v) is 45.2. The summed E-state index contributed by atoms with van der Waals surface area (Å²) in [6.45, 7) is -25.0. The van der Waals surface area contributed by atoms with Gasteiger partial charge in [-0.1, -0.05) is 66.0 Å². The number of H-pyrrole nitrogens is 4. The van der Waals surface area contributed by atoms with Crippen molar-refractivity contribution in [1.29, 1.82) is 0 Å². The van der Waals surface area contributed by atoms with E-state index in [2.05, 4.69) is 49.8 Å². The van der Waals surface area contributed by atoms with E-state index in [1.54, 1.807) is 6.92 Å². The lowest BCUT2D eigenvalue weighted by Gasteiger charge is -2.36. The van der Waals surface area contributed by atoms with Gasteiger partial charge in [-0.3, -0.25) is 71.1 Å². The number of nitrogens with one attached hydrogen (secondary N) is 4. The first kappa shape index (κ1) is 94.4. The fraction of sp³-hybridized carbons (Fsp3) is 0.581. The van der Waals surface area contributed by atoms with Crippen LogP contribution in [0.4, 0.5) is 11.6 Å². The molecule has 678 valence electrons. The Kier molecular flexibility index (Phi) is 29.0. The lowest BCUT2D eigenvalue weighted by atomic mass is 10.1. The first-order valence-corrected chi connectivity index (χ1v) is 52.6. The molecule has 14 heterocycles. The van der Waals surface area contributed by atoms with Crippen molar-refractivity contribution < 1.29 is 112 Å². The van der Waals surface area contributed by atoms with Crippen LogP contribution in [0.1, 0.15) is 111 Å². The Morgan fingerprint density at radius 3 is 0.935 bits per heavy atom. The molecule has 8 aromatic rings. The second kappa shape index (κ2) is 38.0. The van der Waals surface area contributed by atoms with Crippen molar-refractivity contribution in [2.45, 2.75) is 190 Å². The normalized spacial score (nSPS) is 29.6. The Hall–Kier alpha value is -5.67. The molecule has 0 amide bonds. The van der Waals surface area contributed by atoms with E-state index in [0.717, 1.165) is 44.1 Å². The number of nitrogens with two attached hydrogens (primary N) is 2. The lowest BCUT2D eigenvalue weighted by molar-refractivity contribution is -0.221. The number of imidazole rings is 2. The van der Waals surface area contributed by atoms with Crippen LogP contribution in [0.3, 0.4) is 0 Å². The minimum atomic E-state index is -4.97. The summed E-state index contributed by atoms with van der Waals surface area (Å²) >= 11 is 32.3. The molecule has 0 radical (unpaired) electrons. The van der Waals surface area contributed by atoms with E-state index in [0.29, 0.717) is 6.42 Å². The van der Waals surface area contributed by atoms with E-state index in [-0.39, 0.29) is 81.9 Å². The summed E-state index contributed by atoms with van der Waals surface area (Å²) in [6.07, 6.45) is -15.2. The number of aryl methyl sites for hydroxylation is 4. The average molecular weight is 1960 g/mol.